The van der Waals surface area contributed by atoms with Crippen LogP contribution in [0.5, 0.6) is 11.5 Å². The van der Waals surface area contributed by atoms with E-state index in [2.05, 4.69) is 0 Å². The van der Waals surface area contributed by atoms with E-state index >= 15 is 0 Å². The number of rotatable bonds is 2. The Balaban J connectivity index is 1.60. The van der Waals surface area contributed by atoms with E-state index < -0.39 is 10.0 Å². The number of ether oxygens (including phenoxy) is 2. The molecule has 3 aromatic rings. The Morgan fingerprint density at radius 2 is 1.81 bits per heavy atom. The second kappa shape index (κ2) is 6.04. The Kier molecular flexibility index (Phi) is 3.74. The van der Waals surface area contributed by atoms with Gasteiger partial charge in [-0.25, -0.2) is 8.42 Å². The molecule has 0 saturated carbocycles. The molecule has 0 atom stereocenters. The molecule has 0 amide bonds. The third kappa shape index (κ3) is 2.55. The fraction of sp³-hybridized carbons (Fsp3) is 0.200. The molecule has 0 saturated heterocycles. The van der Waals surface area contributed by atoms with Crippen molar-refractivity contribution in [3.05, 3.63) is 59.1 Å². The lowest BCUT2D eigenvalue weighted by atomic mass is 10.1. The summed E-state index contributed by atoms with van der Waals surface area (Å²) in [5.74, 6) is 1.08. The lowest BCUT2D eigenvalue weighted by Gasteiger charge is -2.20. The zero-order valence-corrected chi connectivity index (χ0v) is 15.9. The lowest BCUT2D eigenvalue weighted by Crippen LogP contribution is -2.26. The quantitative estimate of drug-likeness (QED) is 0.640. The van der Waals surface area contributed by atoms with E-state index in [-0.39, 0.29) is 6.54 Å². The molecule has 2 aliphatic rings. The molecule has 0 spiro atoms. The summed E-state index contributed by atoms with van der Waals surface area (Å²) in [5, 5.41) is 2.10. The van der Waals surface area contributed by atoms with E-state index in [9.17, 15) is 8.42 Å². The highest BCUT2D eigenvalue weighted by atomic mass is 35.5. The van der Waals surface area contributed by atoms with Crippen LogP contribution in [0.15, 0.2) is 53.4 Å². The van der Waals surface area contributed by atoms with Gasteiger partial charge < -0.3 is 9.47 Å². The molecule has 0 bridgehead atoms. The molecule has 0 radical (unpaired) electrons. The first kappa shape index (κ1) is 16.7. The molecular formula is C20H16ClNO4S. The van der Waals surface area contributed by atoms with Gasteiger partial charge in [-0.3, -0.25) is 4.31 Å². The van der Waals surface area contributed by atoms with Crippen LogP contribution in [0.25, 0.3) is 10.8 Å². The van der Waals surface area contributed by atoms with Crippen molar-refractivity contribution in [2.75, 3.05) is 17.5 Å². The van der Waals surface area contributed by atoms with Crippen molar-refractivity contribution in [2.45, 2.75) is 17.9 Å². The molecule has 0 aromatic heterocycles. The lowest BCUT2D eigenvalue weighted by molar-refractivity contribution is 0.297. The SMILES string of the molecule is O=S1(=O)c2cccc3cccc(c23)N1Cc1cc(Cl)c2c(c1)OCCCO2. The van der Waals surface area contributed by atoms with Gasteiger partial charge in [-0.15, -0.1) is 0 Å². The molecule has 138 valence electrons. The van der Waals surface area contributed by atoms with E-state index in [1.165, 1.54) is 4.31 Å². The number of hydrogen-bond donors (Lipinski definition) is 0. The van der Waals surface area contributed by atoms with Crippen LogP contribution in [-0.4, -0.2) is 21.6 Å². The van der Waals surface area contributed by atoms with Crippen LogP contribution in [-0.2, 0) is 16.6 Å². The molecule has 2 heterocycles. The highest BCUT2D eigenvalue weighted by molar-refractivity contribution is 7.93. The van der Waals surface area contributed by atoms with Gasteiger partial charge in [-0.2, -0.15) is 0 Å². The summed E-state index contributed by atoms with van der Waals surface area (Å²) in [5.41, 5.74) is 1.43. The van der Waals surface area contributed by atoms with Crippen LogP contribution in [0, 0.1) is 0 Å². The topological polar surface area (TPSA) is 55.8 Å². The van der Waals surface area contributed by atoms with Crippen molar-refractivity contribution in [3.8, 4) is 11.5 Å². The van der Waals surface area contributed by atoms with Gasteiger partial charge in [-0.1, -0.05) is 35.9 Å². The zero-order valence-electron chi connectivity index (χ0n) is 14.3. The number of anilines is 1. The smallest absolute Gasteiger partial charge is 0.265 e. The average Bonchev–Trinajstić information content (AvgIpc) is 2.82. The molecule has 3 aromatic carbocycles. The summed E-state index contributed by atoms with van der Waals surface area (Å²) in [4.78, 5) is 0.344. The van der Waals surface area contributed by atoms with E-state index in [1.54, 1.807) is 18.2 Å². The third-order valence-electron chi connectivity index (χ3n) is 4.87. The molecule has 0 N–H and O–H groups in total. The molecule has 5 rings (SSSR count). The molecule has 0 unspecified atom stereocenters. The summed E-state index contributed by atoms with van der Waals surface area (Å²) in [6.45, 7) is 1.26. The second-order valence-electron chi connectivity index (χ2n) is 6.60. The summed E-state index contributed by atoms with van der Waals surface area (Å²) in [6, 6.07) is 14.5. The maximum Gasteiger partial charge on any atom is 0.265 e. The Labute approximate surface area is 162 Å². The van der Waals surface area contributed by atoms with Crippen molar-refractivity contribution in [3.63, 3.8) is 0 Å². The van der Waals surface area contributed by atoms with Gasteiger partial charge in [-0.05, 0) is 35.2 Å². The van der Waals surface area contributed by atoms with Crippen molar-refractivity contribution in [1.29, 1.82) is 0 Å². The van der Waals surface area contributed by atoms with Crippen molar-refractivity contribution in [1.82, 2.24) is 0 Å². The number of sulfonamides is 1. The van der Waals surface area contributed by atoms with Crippen LogP contribution in [0.1, 0.15) is 12.0 Å². The molecule has 0 fully saturated rings. The van der Waals surface area contributed by atoms with Crippen molar-refractivity contribution in [2.24, 2.45) is 0 Å². The second-order valence-corrected chi connectivity index (χ2v) is 8.84. The fourth-order valence-corrected chi connectivity index (χ4v) is 5.66. The monoisotopic (exact) mass is 401 g/mol. The largest absolute Gasteiger partial charge is 0.489 e. The summed E-state index contributed by atoms with van der Waals surface area (Å²) in [6.07, 6.45) is 0.776. The Morgan fingerprint density at radius 1 is 1.04 bits per heavy atom. The van der Waals surface area contributed by atoms with E-state index in [4.69, 9.17) is 21.1 Å². The van der Waals surface area contributed by atoms with Gasteiger partial charge in [0.1, 0.15) is 0 Å². The van der Waals surface area contributed by atoms with Crippen LogP contribution in [0.3, 0.4) is 0 Å². The molecule has 7 heteroatoms. The van der Waals surface area contributed by atoms with E-state index in [0.717, 1.165) is 22.8 Å². The average molecular weight is 402 g/mol. The number of hydrogen-bond acceptors (Lipinski definition) is 4. The number of fused-ring (bicyclic) bond motifs is 1. The number of benzene rings is 3. The summed E-state index contributed by atoms with van der Waals surface area (Å²) in [7, 11) is -3.62. The minimum absolute atomic E-state index is 0.173. The molecule has 2 aliphatic heterocycles. The van der Waals surface area contributed by atoms with Gasteiger partial charge in [0.25, 0.3) is 10.0 Å². The van der Waals surface area contributed by atoms with E-state index in [0.29, 0.717) is 40.3 Å². The number of nitrogens with zero attached hydrogens (tertiary/aromatic N) is 1. The van der Waals surface area contributed by atoms with Gasteiger partial charge in [0.15, 0.2) is 11.5 Å². The predicted molar refractivity (Wildman–Crippen MR) is 104 cm³/mol. The Morgan fingerprint density at radius 3 is 2.67 bits per heavy atom. The molecular weight excluding hydrogens is 386 g/mol. The Bertz CT molecular complexity index is 1170. The first-order valence-corrected chi connectivity index (χ1v) is 10.5. The molecule has 27 heavy (non-hydrogen) atoms. The zero-order chi connectivity index (χ0) is 18.6. The minimum Gasteiger partial charge on any atom is -0.489 e. The van der Waals surface area contributed by atoms with Crippen LogP contribution in [0.4, 0.5) is 5.69 Å². The highest BCUT2D eigenvalue weighted by Crippen LogP contribution is 2.44. The van der Waals surface area contributed by atoms with Gasteiger partial charge in [0.05, 0.1) is 35.4 Å². The maximum absolute atomic E-state index is 13.1. The maximum atomic E-state index is 13.1. The third-order valence-corrected chi connectivity index (χ3v) is 6.95. The Hall–Kier alpha value is -2.44. The van der Waals surface area contributed by atoms with Gasteiger partial charge >= 0.3 is 0 Å². The molecule has 0 aliphatic carbocycles. The molecule has 5 nitrogen and oxygen atoms in total. The fourth-order valence-electron chi connectivity index (χ4n) is 3.67. The minimum atomic E-state index is -3.62. The van der Waals surface area contributed by atoms with E-state index in [1.807, 2.05) is 30.3 Å². The van der Waals surface area contributed by atoms with Gasteiger partial charge in [0.2, 0.25) is 0 Å². The van der Waals surface area contributed by atoms with Crippen LogP contribution < -0.4 is 13.8 Å². The van der Waals surface area contributed by atoms with Gasteiger partial charge in [0, 0.05) is 11.8 Å². The predicted octanol–water partition coefficient (Wildman–Crippen LogP) is 4.36. The standard InChI is InChI=1S/C20H16ClNO4S/c21-15-10-13(11-17-20(15)26-9-3-8-25-17)12-22-16-6-1-4-14-5-2-7-18(19(14)16)27(22,23)24/h1-2,4-7,10-11H,3,8-9,12H2. The van der Waals surface area contributed by atoms with Crippen molar-refractivity contribution >= 4 is 38.1 Å². The van der Waals surface area contributed by atoms with Crippen LogP contribution >= 0.6 is 11.6 Å². The summed E-state index contributed by atoms with van der Waals surface area (Å²) < 4.78 is 39.1. The van der Waals surface area contributed by atoms with Crippen molar-refractivity contribution < 1.29 is 17.9 Å². The first-order valence-electron chi connectivity index (χ1n) is 8.68. The number of halogens is 1. The summed E-state index contributed by atoms with van der Waals surface area (Å²) >= 11 is 6.37. The van der Waals surface area contributed by atoms with Crippen LogP contribution in [0.2, 0.25) is 5.02 Å². The first-order chi connectivity index (χ1) is 13.1. The normalized spacial score (nSPS) is 17.1. The highest BCUT2D eigenvalue weighted by Gasteiger charge is 2.35.